The standard InChI is InChI=1S/C24H27N3O3/c1-15-16(2)27(24(30)18-6-4-3-5-7-18)21-11-10-19(14-20(21)26-22(15)28)23(29)25-13-12-17-8-9-17/h3-7,10-11,14-17H,8-9,12-13H2,1-2H3,(H,25,29)(H,26,28). The third-order valence-electron chi connectivity index (χ3n) is 6.10. The topological polar surface area (TPSA) is 78.5 Å². The lowest BCUT2D eigenvalue weighted by Gasteiger charge is -2.30. The van der Waals surface area contributed by atoms with Crippen LogP contribution in [0, 0.1) is 11.8 Å². The van der Waals surface area contributed by atoms with E-state index in [9.17, 15) is 14.4 Å². The van der Waals surface area contributed by atoms with Crippen molar-refractivity contribution in [2.45, 2.75) is 39.2 Å². The molecule has 0 bridgehead atoms. The van der Waals surface area contributed by atoms with Gasteiger partial charge in [-0.2, -0.15) is 0 Å². The van der Waals surface area contributed by atoms with Gasteiger partial charge in [-0.25, -0.2) is 0 Å². The molecule has 3 amide bonds. The van der Waals surface area contributed by atoms with Gasteiger partial charge in [0.05, 0.1) is 17.3 Å². The molecule has 6 heteroatoms. The van der Waals surface area contributed by atoms with Gasteiger partial charge in [-0.1, -0.05) is 38.0 Å². The number of hydrogen-bond donors (Lipinski definition) is 2. The molecule has 0 saturated heterocycles. The van der Waals surface area contributed by atoms with Gasteiger partial charge in [-0.15, -0.1) is 0 Å². The summed E-state index contributed by atoms with van der Waals surface area (Å²) in [6, 6.07) is 13.8. The first-order valence-corrected chi connectivity index (χ1v) is 10.6. The Kier molecular flexibility index (Phi) is 5.57. The summed E-state index contributed by atoms with van der Waals surface area (Å²) in [6.45, 7) is 4.33. The van der Waals surface area contributed by atoms with Crippen LogP contribution in [0.15, 0.2) is 48.5 Å². The number of fused-ring (bicyclic) bond motifs is 1. The van der Waals surface area contributed by atoms with Crippen molar-refractivity contribution in [2.24, 2.45) is 11.8 Å². The SMILES string of the molecule is CC1C(=O)Nc2cc(C(=O)NCCC3CC3)ccc2N(C(=O)c2ccccc2)C1C. The van der Waals surface area contributed by atoms with E-state index in [-0.39, 0.29) is 23.8 Å². The second-order valence-electron chi connectivity index (χ2n) is 8.28. The van der Waals surface area contributed by atoms with Crippen LogP contribution in [0.25, 0.3) is 0 Å². The molecule has 6 nitrogen and oxygen atoms in total. The molecule has 30 heavy (non-hydrogen) atoms. The highest BCUT2D eigenvalue weighted by Gasteiger charge is 2.35. The van der Waals surface area contributed by atoms with Crippen molar-refractivity contribution in [2.75, 3.05) is 16.8 Å². The monoisotopic (exact) mass is 405 g/mol. The largest absolute Gasteiger partial charge is 0.352 e. The van der Waals surface area contributed by atoms with Crippen LogP contribution < -0.4 is 15.5 Å². The minimum absolute atomic E-state index is 0.168. The van der Waals surface area contributed by atoms with Gasteiger partial charge in [-0.05, 0) is 49.6 Å². The molecule has 2 N–H and O–H groups in total. The van der Waals surface area contributed by atoms with E-state index in [2.05, 4.69) is 10.6 Å². The van der Waals surface area contributed by atoms with Crippen molar-refractivity contribution in [1.82, 2.24) is 5.32 Å². The Bertz CT molecular complexity index is 969. The minimum Gasteiger partial charge on any atom is -0.352 e. The summed E-state index contributed by atoms with van der Waals surface area (Å²) in [5, 5.41) is 5.85. The summed E-state index contributed by atoms with van der Waals surface area (Å²) < 4.78 is 0. The van der Waals surface area contributed by atoms with E-state index in [0.717, 1.165) is 12.3 Å². The normalized spacial score (nSPS) is 20.7. The average Bonchev–Trinajstić information content (AvgIpc) is 3.59. The summed E-state index contributed by atoms with van der Waals surface area (Å²) in [6.07, 6.45) is 3.51. The molecule has 0 spiro atoms. The first-order valence-electron chi connectivity index (χ1n) is 10.6. The van der Waals surface area contributed by atoms with Crippen molar-refractivity contribution in [3.63, 3.8) is 0 Å². The molecule has 1 aliphatic heterocycles. The van der Waals surface area contributed by atoms with Crippen molar-refractivity contribution in [3.8, 4) is 0 Å². The molecule has 0 aromatic heterocycles. The molecule has 2 unspecified atom stereocenters. The van der Waals surface area contributed by atoms with E-state index in [4.69, 9.17) is 0 Å². The number of benzene rings is 2. The molecule has 4 rings (SSSR count). The predicted molar refractivity (Wildman–Crippen MR) is 117 cm³/mol. The Labute approximate surface area is 176 Å². The minimum atomic E-state index is -0.402. The molecule has 1 heterocycles. The van der Waals surface area contributed by atoms with Crippen LogP contribution in [-0.2, 0) is 4.79 Å². The summed E-state index contributed by atoms with van der Waals surface area (Å²) in [4.78, 5) is 40.2. The van der Waals surface area contributed by atoms with Gasteiger partial charge in [0.2, 0.25) is 5.91 Å². The van der Waals surface area contributed by atoms with Crippen LogP contribution >= 0.6 is 0 Å². The lowest BCUT2D eigenvalue weighted by molar-refractivity contribution is -0.119. The molecule has 0 radical (unpaired) electrons. The molecule has 1 aliphatic carbocycles. The molecule has 1 fully saturated rings. The van der Waals surface area contributed by atoms with E-state index in [1.807, 2.05) is 32.0 Å². The summed E-state index contributed by atoms with van der Waals surface area (Å²) in [7, 11) is 0. The number of carbonyl (C=O) groups is 3. The maximum absolute atomic E-state index is 13.3. The van der Waals surface area contributed by atoms with Crippen LogP contribution in [0.5, 0.6) is 0 Å². The zero-order valence-electron chi connectivity index (χ0n) is 17.4. The van der Waals surface area contributed by atoms with Gasteiger partial charge >= 0.3 is 0 Å². The smallest absolute Gasteiger partial charge is 0.258 e. The number of nitrogens with zero attached hydrogens (tertiary/aromatic N) is 1. The van der Waals surface area contributed by atoms with Crippen LogP contribution in [0.3, 0.4) is 0 Å². The average molecular weight is 405 g/mol. The van der Waals surface area contributed by atoms with Crippen LogP contribution in [0.4, 0.5) is 11.4 Å². The number of anilines is 2. The number of nitrogens with one attached hydrogen (secondary N) is 2. The first-order chi connectivity index (χ1) is 14.5. The fourth-order valence-corrected chi connectivity index (χ4v) is 3.81. The third-order valence-corrected chi connectivity index (χ3v) is 6.10. The Morgan fingerprint density at radius 1 is 1.07 bits per heavy atom. The highest BCUT2D eigenvalue weighted by atomic mass is 16.2. The highest BCUT2D eigenvalue weighted by Crippen LogP contribution is 2.35. The maximum atomic E-state index is 13.3. The van der Waals surface area contributed by atoms with E-state index >= 15 is 0 Å². The lowest BCUT2D eigenvalue weighted by atomic mass is 10.0. The molecule has 2 atom stereocenters. The molecule has 2 aliphatic rings. The summed E-state index contributed by atoms with van der Waals surface area (Å²) >= 11 is 0. The van der Waals surface area contributed by atoms with Crippen molar-refractivity contribution >= 4 is 29.1 Å². The molecule has 156 valence electrons. The zero-order valence-corrected chi connectivity index (χ0v) is 17.4. The van der Waals surface area contributed by atoms with Gasteiger partial charge < -0.3 is 15.5 Å². The third kappa shape index (κ3) is 4.08. The molecule has 2 aromatic carbocycles. The van der Waals surface area contributed by atoms with E-state index in [0.29, 0.717) is 29.0 Å². The fraction of sp³-hybridized carbons (Fsp3) is 0.375. The lowest BCUT2D eigenvalue weighted by Crippen LogP contribution is -2.43. The Morgan fingerprint density at radius 2 is 1.80 bits per heavy atom. The quantitative estimate of drug-likeness (QED) is 0.793. The van der Waals surface area contributed by atoms with Gasteiger partial charge in [0.1, 0.15) is 0 Å². The molecular weight excluding hydrogens is 378 g/mol. The first kappa shape index (κ1) is 20.1. The van der Waals surface area contributed by atoms with Gasteiger partial charge in [0.15, 0.2) is 0 Å². The number of hydrogen-bond acceptors (Lipinski definition) is 3. The van der Waals surface area contributed by atoms with Crippen LogP contribution in [-0.4, -0.2) is 30.3 Å². The second-order valence-corrected chi connectivity index (χ2v) is 8.28. The Balaban J connectivity index is 1.64. The predicted octanol–water partition coefficient (Wildman–Crippen LogP) is 3.84. The number of carbonyl (C=O) groups excluding carboxylic acids is 3. The van der Waals surface area contributed by atoms with Gasteiger partial charge in [-0.3, -0.25) is 14.4 Å². The van der Waals surface area contributed by atoms with Crippen LogP contribution in [0.1, 0.15) is 53.8 Å². The second kappa shape index (κ2) is 8.30. The highest BCUT2D eigenvalue weighted by molar-refractivity contribution is 6.12. The zero-order chi connectivity index (χ0) is 21.3. The number of rotatable bonds is 5. The van der Waals surface area contributed by atoms with Crippen molar-refractivity contribution in [1.29, 1.82) is 0 Å². The Hall–Kier alpha value is -3.15. The Morgan fingerprint density at radius 3 is 2.50 bits per heavy atom. The van der Waals surface area contributed by atoms with Crippen molar-refractivity contribution < 1.29 is 14.4 Å². The van der Waals surface area contributed by atoms with Gasteiger partial charge in [0, 0.05) is 23.7 Å². The fourth-order valence-electron chi connectivity index (χ4n) is 3.81. The van der Waals surface area contributed by atoms with Crippen molar-refractivity contribution in [3.05, 3.63) is 59.7 Å². The number of amides is 3. The molecule has 1 saturated carbocycles. The molecular formula is C24H27N3O3. The molecule has 2 aromatic rings. The van der Waals surface area contributed by atoms with E-state index < -0.39 is 5.92 Å². The summed E-state index contributed by atoms with van der Waals surface area (Å²) in [5.74, 6) is -0.162. The summed E-state index contributed by atoms with van der Waals surface area (Å²) in [5.41, 5.74) is 2.11. The van der Waals surface area contributed by atoms with E-state index in [1.54, 1.807) is 35.2 Å². The van der Waals surface area contributed by atoms with Crippen LogP contribution in [0.2, 0.25) is 0 Å². The van der Waals surface area contributed by atoms with Gasteiger partial charge in [0.25, 0.3) is 11.8 Å². The van der Waals surface area contributed by atoms with E-state index in [1.165, 1.54) is 12.8 Å². The maximum Gasteiger partial charge on any atom is 0.258 e.